The number of pyridine rings is 1. The lowest BCUT2D eigenvalue weighted by Crippen LogP contribution is -2.24. The zero-order valence-electron chi connectivity index (χ0n) is 21.3. The molecule has 5 aromatic rings. The maximum Gasteiger partial charge on any atom is 0.337 e. The first-order chi connectivity index (χ1) is 18.9. The Labute approximate surface area is 226 Å². The summed E-state index contributed by atoms with van der Waals surface area (Å²) in [6.07, 6.45) is 1.62. The van der Waals surface area contributed by atoms with E-state index in [9.17, 15) is 13.2 Å². The molecule has 0 radical (unpaired) electrons. The summed E-state index contributed by atoms with van der Waals surface area (Å²) in [4.78, 5) is 16.1. The minimum Gasteiger partial charge on any atom is -0.465 e. The van der Waals surface area contributed by atoms with Crippen LogP contribution in [-0.4, -0.2) is 36.7 Å². The van der Waals surface area contributed by atoms with Crippen LogP contribution >= 0.6 is 0 Å². The van der Waals surface area contributed by atoms with Crippen molar-refractivity contribution in [2.75, 3.05) is 12.4 Å². The molecule has 2 N–H and O–H groups in total. The van der Waals surface area contributed by atoms with Gasteiger partial charge in [0.25, 0.3) is 0 Å². The lowest BCUT2D eigenvalue weighted by molar-refractivity contribution is 0.0600. The molecule has 0 saturated heterocycles. The van der Waals surface area contributed by atoms with Crippen LogP contribution in [0.15, 0.2) is 96.0 Å². The molecule has 2 aromatic heterocycles. The van der Waals surface area contributed by atoms with Gasteiger partial charge in [0.1, 0.15) is 5.69 Å². The number of carbonyl (C=O) groups is 1. The largest absolute Gasteiger partial charge is 0.465 e. The summed E-state index contributed by atoms with van der Waals surface area (Å²) in [6.45, 7) is 1.83. The Balaban J connectivity index is 1.47. The van der Waals surface area contributed by atoms with Gasteiger partial charge in [0.05, 0.1) is 29.8 Å². The van der Waals surface area contributed by atoms with Crippen LogP contribution in [0.3, 0.4) is 0 Å². The van der Waals surface area contributed by atoms with Crippen LogP contribution < -0.4 is 10.0 Å². The quantitative estimate of drug-likeness (QED) is 0.264. The molecule has 0 fully saturated rings. The van der Waals surface area contributed by atoms with Gasteiger partial charge in [-0.1, -0.05) is 42.5 Å². The van der Waals surface area contributed by atoms with E-state index in [1.165, 1.54) is 7.11 Å². The van der Waals surface area contributed by atoms with E-state index in [2.05, 4.69) is 25.2 Å². The normalized spacial score (nSPS) is 11.3. The summed E-state index contributed by atoms with van der Waals surface area (Å²) in [5.41, 5.74) is 3.56. The molecule has 0 spiro atoms. The molecule has 2 heterocycles. The first-order valence-corrected chi connectivity index (χ1v) is 13.6. The standard InChI is InChI=1S/C29H25N5O4S/c1-19-10-11-21(17-26(19)39(36,37)31-18-23-7-5-6-16-30-23)27-24-8-3-4-9-25(24)28(34-33-27)32-22-14-12-20(13-15-22)29(35)38-2/h3-17,31H,18H2,1-2H3,(H,32,34). The zero-order chi connectivity index (χ0) is 27.4. The number of nitrogens with one attached hydrogen (secondary N) is 2. The van der Waals surface area contributed by atoms with Gasteiger partial charge in [-0.15, -0.1) is 10.2 Å². The highest BCUT2D eigenvalue weighted by atomic mass is 32.2. The van der Waals surface area contributed by atoms with Crippen LogP contribution in [-0.2, 0) is 21.3 Å². The molecule has 0 aliphatic rings. The number of rotatable bonds is 8. The van der Waals surface area contributed by atoms with E-state index < -0.39 is 16.0 Å². The van der Waals surface area contributed by atoms with Gasteiger partial charge >= 0.3 is 5.97 Å². The topological polar surface area (TPSA) is 123 Å². The zero-order valence-corrected chi connectivity index (χ0v) is 22.1. The van der Waals surface area contributed by atoms with Gasteiger partial charge in [-0.3, -0.25) is 4.98 Å². The maximum atomic E-state index is 13.2. The van der Waals surface area contributed by atoms with Gasteiger partial charge in [-0.05, 0) is 55.0 Å². The van der Waals surface area contributed by atoms with Gasteiger partial charge < -0.3 is 10.1 Å². The van der Waals surface area contributed by atoms with Crippen LogP contribution in [0, 0.1) is 6.92 Å². The van der Waals surface area contributed by atoms with Crippen molar-refractivity contribution in [3.05, 3.63) is 108 Å². The molecule has 0 aliphatic carbocycles. The number of hydrogen-bond acceptors (Lipinski definition) is 8. The van der Waals surface area contributed by atoms with Gasteiger partial charge in [0.2, 0.25) is 10.0 Å². The van der Waals surface area contributed by atoms with E-state index in [1.54, 1.807) is 61.7 Å². The molecule has 3 aromatic carbocycles. The van der Waals surface area contributed by atoms with Crippen molar-refractivity contribution in [2.24, 2.45) is 0 Å². The fourth-order valence-electron chi connectivity index (χ4n) is 4.14. The second-order valence-electron chi connectivity index (χ2n) is 8.76. The minimum absolute atomic E-state index is 0.0799. The minimum atomic E-state index is -3.82. The van der Waals surface area contributed by atoms with Gasteiger partial charge in [0.15, 0.2) is 5.82 Å². The van der Waals surface area contributed by atoms with Crippen LogP contribution in [0.5, 0.6) is 0 Å². The average molecular weight is 540 g/mol. The summed E-state index contributed by atoms with van der Waals surface area (Å²) >= 11 is 0. The lowest BCUT2D eigenvalue weighted by Gasteiger charge is -2.14. The molecule has 9 nitrogen and oxygen atoms in total. The van der Waals surface area contributed by atoms with Gasteiger partial charge in [0, 0.05) is 28.2 Å². The Hall–Kier alpha value is -4.67. The van der Waals surface area contributed by atoms with Crippen molar-refractivity contribution < 1.29 is 17.9 Å². The van der Waals surface area contributed by atoms with Crippen molar-refractivity contribution in [1.29, 1.82) is 0 Å². The predicted octanol–water partition coefficient (Wildman–Crippen LogP) is 5.01. The molecule has 196 valence electrons. The number of anilines is 2. The Morgan fingerprint density at radius 3 is 2.36 bits per heavy atom. The molecule has 0 unspecified atom stereocenters. The van der Waals surface area contributed by atoms with Crippen molar-refractivity contribution in [3.8, 4) is 11.3 Å². The van der Waals surface area contributed by atoms with Crippen LogP contribution in [0.4, 0.5) is 11.5 Å². The summed E-state index contributed by atoms with van der Waals surface area (Å²) in [5.74, 6) is 0.111. The number of ether oxygens (including phenoxy) is 1. The average Bonchev–Trinajstić information content (AvgIpc) is 2.97. The molecule has 0 saturated carbocycles. The number of fused-ring (bicyclic) bond motifs is 1. The van der Waals surface area contributed by atoms with Crippen molar-refractivity contribution in [3.63, 3.8) is 0 Å². The van der Waals surface area contributed by atoms with Crippen molar-refractivity contribution in [2.45, 2.75) is 18.4 Å². The summed E-state index contributed by atoms with van der Waals surface area (Å²) < 4.78 is 33.8. The van der Waals surface area contributed by atoms with E-state index in [0.717, 1.165) is 16.5 Å². The molecule has 0 amide bonds. The summed E-state index contributed by atoms with van der Waals surface area (Å²) in [6, 6.07) is 25.0. The van der Waals surface area contributed by atoms with E-state index in [4.69, 9.17) is 4.74 Å². The van der Waals surface area contributed by atoms with Gasteiger partial charge in [-0.25, -0.2) is 17.9 Å². The first kappa shape index (κ1) is 26.0. The van der Waals surface area contributed by atoms with E-state index in [1.807, 2.05) is 36.4 Å². The number of nitrogens with zero attached hydrogens (tertiary/aromatic N) is 3. The number of aromatic nitrogens is 3. The number of aryl methyl sites for hydroxylation is 1. The third-order valence-electron chi connectivity index (χ3n) is 6.18. The Morgan fingerprint density at radius 2 is 1.64 bits per heavy atom. The molecule has 5 rings (SSSR count). The molecule has 0 aliphatic heterocycles. The van der Waals surface area contributed by atoms with Crippen molar-refractivity contribution >= 4 is 38.3 Å². The molecular formula is C29H25N5O4S. The fraction of sp³-hybridized carbons (Fsp3) is 0.103. The number of esters is 1. The van der Waals surface area contributed by atoms with E-state index >= 15 is 0 Å². The number of benzene rings is 3. The van der Waals surface area contributed by atoms with Crippen molar-refractivity contribution in [1.82, 2.24) is 19.9 Å². The SMILES string of the molecule is COC(=O)c1ccc(Nc2nnc(-c3ccc(C)c(S(=O)(=O)NCc4ccccn4)c3)c3ccccc23)cc1. The molecule has 10 heteroatoms. The molecule has 39 heavy (non-hydrogen) atoms. The first-order valence-electron chi connectivity index (χ1n) is 12.1. The second-order valence-corrected chi connectivity index (χ2v) is 10.5. The monoisotopic (exact) mass is 539 g/mol. The molecule has 0 bridgehead atoms. The number of methoxy groups -OCH3 is 1. The Morgan fingerprint density at radius 1 is 0.897 bits per heavy atom. The maximum absolute atomic E-state index is 13.2. The highest BCUT2D eigenvalue weighted by Crippen LogP contribution is 2.32. The van der Waals surface area contributed by atoms with Gasteiger partial charge in [-0.2, -0.15) is 0 Å². The van der Waals surface area contributed by atoms with Crippen LogP contribution in [0.1, 0.15) is 21.6 Å². The molecule has 0 atom stereocenters. The smallest absolute Gasteiger partial charge is 0.337 e. The Kier molecular flexibility index (Phi) is 7.31. The van der Waals surface area contributed by atoms with E-state index in [-0.39, 0.29) is 11.4 Å². The summed E-state index contributed by atoms with van der Waals surface area (Å²) in [5, 5.41) is 13.7. The van der Waals surface area contributed by atoms with E-state index in [0.29, 0.717) is 33.9 Å². The highest BCUT2D eigenvalue weighted by molar-refractivity contribution is 7.89. The fourth-order valence-corrected chi connectivity index (χ4v) is 5.41. The number of hydrogen-bond donors (Lipinski definition) is 2. The third kappa shape index (κ3) is 5.62. The second kappa shape index (κ2) is 11.0. The molecular weight excluding hydrogens is 514 g/mol. The van der Waals surface area contributed by atoms with Crippen LogP contribution in [0.2, 0.25) is 0 Å². The highest BCUT2D eigenvalue weighted by Gasteiger charge is 2.20. The lowest BCUT2D eigenvalue weighted by atomic mass is 10.0. The predicted molar refractivity (Wildman–Crippen MR) is 149 cm³/mol. The number of sulfonamides is 1. The van der Waals surface area contributed by atoms with Crippen LogP contribution in [0.25, 0.3) is 22.0 Å². The Bertz CT molecular complexity index is 1760. The number of carbonyl (C=O) groups excluding carboxylic acids is 1. The summed E-state index contributed by atoms with van der Waals surface area (Å²) in [7, 11) is -2.48. The third-order valence-corrected chi connectivity index (χ3v) is 7.72.